The van der Waals surface area contributed by atoms with Crippen LogP contribution in [0.2, 0.25) is 49.4 Å². The number of aliphatic hydroxyl groups is 2. The second kappa shape index (κ2) is 70.3. The molecule has 0 radical (unpaired) electrons. The summed E-state index contributed by atoms with van der Waals surface area (Å²) in [6.45, 7) is 34.7. The van der Waals surface area contributed by atoms with E-state index in [0.717, 1.165) is 39.2 Å². The van der Waals surface area contributed by atoms with Gasteiger partial charge in [0.2, 0.25) is 0 Å². The van der Waals surface area contributed by atoms with Gasteiger partial charge in [-0.2, -0.15) is 0 Å². The first-order chi connectivity index (χ1) is 41.7. The molecular formula is C50H138N6O24Si8. The molecule has 544 valence electrons. The minimum absolute atomic E-state index is 0.250. The number of rotatable bonds is 49. The molecule has 0 fully saturated rings. The van der Waals surface area contributed by atoms with Gasteiger partial charge in [0.1, 0.15) is 0 Å². The highest BCUT2D eigenvalue weighted by Gasteiger charge is 2.52. The fourth-order valence-electron chi connectivity index (χ4n) is 6.64. The lowest BCUT2D eigenvalue weighted by Gasteiger charge is -2.35. The molecule has 1 unspecified atom stereocenters. The quantitative estimate of drug-likeness (QED) is 0.0389. The zero-order chi connectivity index (χ0) is 69.9. The molecule has 30 nitrogen and oxygen atoms in total. The molecule has 0 saturated carbocycles. The highest BCUT2D eigenvalue weighted by molar-refractivity contribution is 6.75. The van der Waals surface area contributed by atoms with Crippen molar-refractivity contribution in [2.24, 2.45) is 34.4 Å². The fraction of sp³-hybridized carbons (Fsp3) is 1.00. The smallest absolute Gasteiger partial charge is 0.400 e. The molecule has 0 saturated heterocycles. The van der Waals surface area contributed by atoms with Crippen molar-refractivity contribution in [1.29, 1.82) is 0 Å². The molecule has 0 bridgehead atoms. The van der Waals surface area contributed by atoms with Gasteiger partial charge in [-0.3, -0.25) is 0 Å². The van der Waals surface area contributed by atoms with Crippen LogP contribution in [0, 0.1) is 0 Å². The van der Waals surface area contributed by atoms with Crippen LogP contribution in [0.3, 0.4) is 0 Å². The maximum absolute atomic E-state index is 10.7. The minimum atomic E-state index is -3.34. The molecule has 38 heteroatoms. The largest absolute Gasteiger partial charge is 0.498 e. The summed E-state index contributed by atoms with van der Waals surface area (Å²) in [4.78, 5) is 40.1. The first kappa shape index (κ1) is 105. The van der Waals surface area contributed by atoms with E-state index in [2.05, 4.69) is 0 Å². The predicted molar refractivity (Wildman–Crippen MR) is 364 cm³/mol. The van der Waals surface area contributed by atoms with Gasteiger partial charge in [-0.1, -0.05) is 0 Å². The first-order valence-electron chi connectivity index (χ1n) is 31.0. The molecule has 0 aromatic heterocycles. The molecule has 0 aromatic carbocycles. The Balaban J connectivity index is -0.000000146. The second-order valence-corrected chi connectivity index (χ2v) is 39.3. The third-order valence-electron chi connectivity index (χ3n) is 10.7. The van der Waals surface area contributed by atoms with Gasteiger partial charge in [-0.05, 0) is 161 Å². The van der Waals surface area contributed by atoms with E-state index >= 15 is 0 Å². The SMILES string of the molecule is CCO.CCO[Si](CCCN)(OCC)O[Si](C)(OC)OC.CCO[Si](O)(CCCN)OCC.CCO[Si](O)(CCCN)OCC.CCO[Si](O)(CCCN)OCC.CCO[Si](O)(CCCN)O[Si](CCCN)(OCC)OCC.CO.CO[Si](C)(OC)OC. The molecule has 1 atom stereocenters. The Hall–Kier alpha value is 0.535. The van der Waals surface area contributed by atoms with Crippen molar-refractivity contribution >= 4 is 70.4 Å². The van der Waals surface area contributed by atoms with Gasteiger partial charge >= 0.3 is 70.4 Å². The normalized spacial score (nSPS) is 12.5. The highest BCUT2D eigenvalue weighted by atomic mass is 28.5. The van der Waals surface area contributed by atoms with Crippen LogP contribution in [0.25, 0.3) is 0 Å². The van der Waals surface area contributed by atoms with Crippen LogP contribution in [0.5, 0.6) is 0 Å². The summed E-state index contributed by atoms with van der Waals surface area (Å²) in [6.07, 6.45) is 4.42. The number of aliphatic hydroxyl groups excluding tert-OH is 2. The van der Waals surface area contributed by atoms with Crippen LogP contribution in [0.4, 0.5) is 0 Å². The maximum Gasteiger partial charge on any atom is 0.498 e. The van der Waals surface area contributed by atoms with Crippen LogP contribution >= 0.6 is 0 Å². The van der Waals surface area contributed by atoms with E-state index in [9.17, 15) is 19.2 Å². The van der Waals surface area contributed by atoms with Crippen molar-refractivity contribution < 1.29 is 108 Å². The van der Waals surface area contributed by atoms with Gasteiger partial charge in [0, 0.05) is 171 Å². The Labute approximate surface area is 543 Å². The topological polar surface area (TPSA) is 444 Å². The van der Waals surface area contributed by atoms with Crippen LogP contribution in [0.15, 0.2) is 0 Å². The molecule has 88 heavy (non-hydrogen) atoms. The summed E-state index contributed by atoms with van der Waals surface area (Å²) in [5, 5.41) is 14.6. The molecular weight excluding hydrogens is 1290 g/mol. The van der Waals surface area contributed by atoms with Gasteiger partial charge in [-0.25, -0.2) is 0 Å². The Morgan fingerprint density at radius 1 is 0.273 bits per heavy atom. The van der Waals surface area contributed by atoms with Crippen LogP contribution in [-0.4, -0.2) is 261 Å². The summed E-state index contributed by atoms with van der Waals surface area (Å²) in [7, 11) is -13.6. The molecule has 0 heterocycles. The van der Waals surface area contributed by atoms with E-state index in [1.54, 1.807) is 42.5 Å². The van der Waals surface area contributed by atoms with E-state index in [4.69, 9.17) is 124 Å². The van der Waals surface area contributed by atoms with Gasteiger partial charge in [0.25, 0.3) is 0 Å². The number of hydrogen-bond acceptors (Lipinski definition) is 30. The van der Waals surface area contributed by atoms with Gasteiger partial charge in [0.05, 0.1) is 0 Å². The van der Waals surface area contributed by atoms with Gasteiger partial charge in [0.15, 0.2) is 0 Å². The molecule has 0 aliphatic heterocycles. The Kier molecular flexibility index (Phi) is 83.6. The molecule has 0 aliphatic carbocycles. The van der Waals surface area contributed by atoms with Crippen LogP contribution in [-0.2, 0) is 79.0 Å². The van der Waals surface area contributed by atoms with Crippen molar-refractivity contribution in [3.8, 4) is 0 Å². The lowest BCUT2D eigenvalue weighted by Crippen LogP contribution is -2.57. The van der Waals surface area contributed by atoms with E-state index < -0.39 is 70.4 Å². The third-order valence-corrected chi connectivity index (χ3v) is 33.6. The van der Waals surface area contributed by atoms with Crippen LogP contribution in [0.1, 0.15) is 122 Å². The van der Waals surface area contributed by atoms with E-state index in [1.165, 1.54) is 0 Å². The predicted octanol–water partition coefficient (Wildman–Crippen LogP) is 3.02. The highest BCUT2D eigenvalue weighted by Crippen LogP contribution is 2.26. The molecule has 0 rings (SSSR count). The van der Waals surface area contributed by atoms with Crippen molar-refractivity contribution in [1.82, 2.24) is 0 Å². The zero-order valence-corrected chi connectivity index (χ0v) is 66.7. The maximum atomic E-state index is 10.7. The lowest BCUT2D eigenvalue weighted by molar-refractivity contribution is 0.0660. The Morgan fingerprint density at radius 3 is 0.614 bits per heavy atom. The Morgan fingerprint density at radius 2 is 0.443 bits per heavy atom. The minimum Gasteiger partial charge on any atom is -0.400 e. The standard InChI is InChI=1S/C12H32N2O5Si2.C10H27NO5Si2.3C7H19NO3Si.C4H12O3Si.C2H6O.CH4O/c1-4-16-20(15,11-7-9-13)19-21(17-5-2,18-6-3)12-8-10-14;1-6-14-18(15-7-2,10-8-9-11)16-17(5,12-3)13-4;3*1-3-10-12(9,11-4-2)7-5-6-8;1-5-8(4,6-2)7-3;1-2-3;1-2/h15H,4-14H2,1-3H3;6-11H2,1-5H3;3*9H,3-8H2,1-2H3;1-4H3;3H,2H2,1H3;2H,1H3. The van der Waals surface area contributed by atoms with E-state index in [-0.39, 0.29) is 6.61 Å². The molecule has 0 aromatic rings. The Bertz CT molecular complexity index is 1280. The summed E-state index contributed by atoms with van der Waals surface area (Å²) in [5.74, 6) is 0. The monoisotopic (exact) mass is 1430 g/mol. The fourth-order valence-corrected chi connectivity index (χ4v) is 25.4. The average Bonchev–Trinajstić information content (AvgIpc) is 2.34. The summed E-state index contributed by atoms with van der Waals surface area (Å²) >= 11 is 0. The molecule has 18 N–H and O–H groups in total. The third kappa shape index (κ3) is 61.4. The number of nitrogens with two attached hydrogens (primary N) is 6. The summed E-state index contributed by atoms with van der Waals surface area (Å²) in [5.41, 5.74) is 32.7. The second-order valence-electron chi connectivity index (χ2n) is 17.6. The van der Waals surface area contributed by atoms with E-state index in [1.807, 2.05) is 89.3 Å². The molecule has 0 amide bonds. The zero-order valence-electron chi connectivity index (χ0n) is 58.7. The van der Waals surface area contributed by atoms with E-state index in [0.29, 0.717) is 155 Å². The van der Waals surface area contributed by atoms with Crippen molar-refractivity contribution in [2.45, 2.75) is 171 Å². The molecule has 0 spiro atoms. The lowest BCUT2D eigenvalue weighted by atomic mass is 10.5. The van der Waals surface area contributed by atoms with Crippen molar-refractivity contribution in [2.75, 3.05) is 161 Å². The summed E-state index contributed by atoms with van der Waals surface area (Å²) in [6, 6.07) is 3.35. The number of hydrogen-bond donors (Lipinski definition) is 12. The molecule has 0 aliphatic rings. The van der Waals surface area contributed by atoms with Gasteiger partial charge in [-0.15, -0.1) is 0 Å². The summed E-state index contributed by atoms with van der Waals surface area (Å²) < 4.78 is 97.4. The van der Waals surface area contributed by atoms with Crippen molar-refractivity contribution in [3.63, 3.8) is 0 Å². The first-order valence-corrected chi connectivity index (χ1v) is 47.2. The van der Waals surface area contributed by atoms with Crippen molar-refractivity contribution in [3.05, 3.63) is 0 Å². The van der Waals surface area contributed by atoms with Gasteiger partial charge < -0.3 is 143 Å². The van der Waals surface area contributed by atoms with Crippen LogP contribution < -0.4 is 34.4 Å². The average molecular weight is 1430 g/mol.